The van der Waals surface area contributed by atoms with E-state index in [2.05, 4.69) is 0 Å². The van der Waals surface area contributed by atoms with Gasteiger partial charge < -0.3 is 19.5 Å². The number of ketones is 1. The zero-order chi connectivity index (χ0) is 23.4. The van der Waals surface area contributed by atoms with Crippen LogP contribution in [0, 0.1) is 0 Å². The number of carbonyl (C=O) groups excluding carboxylic acids is 2. The van der Waals surface area contributed by atoms with E-state index in [0.717, 1.165) is 0 Å². The number of ether oxygens (including phenoxy) is 2. The van der Waals surface area contributed by atoms with Gasteiger partial charge in [-0.3, -0.25) is 9.59 Å². The molecule has 0 saturated carbocycles. The van der Waals surface area contributed by atoms with E-state index in [1.165, 1.54) is 4.90 Å². The molecule has 3 rings (SSSR count). The van der Waals surface area contributed by atoms with Crippen LogP contribution in [-0.4, -0.2) is 41.0 Å². The predicted molar refractivity (Wildman–Crippen MR) is 124 cm³/mol. The summed E-state index contributed by atoms with van der Waals surface area (Å²) in [6.45, 7) is 8.42. The van der Waals surface area contributed by atoms with Crippen molar-refractivity contribution in [3.63, 3.8) is 0 Å². The molecule has 0 aromatic heterocycles. The smallest absolute Gasteiger partial charge is 0.295 e. The van der Waals surface area contributed by atoms with Gasteiger partial charge in [0.25, 0.3) is 11.7 Å². The van der Waals surface area contributed by atoms with E-state index in [-0.39, 0.29) is 28.0 Å². The standard InChI is InChI=1S/C25H28ClNO5/c1-5-12-27-22(16-8-7-9-18(13-16)32-15(3)4)21(24(29)25(27)30)23(28)19-14-17(31-6-2)10-11-20(19)26/h7-11,13-15,22,28H,5-6,12H2,1-4H3/b23-21+. The van der Waals surface area contributed by atoms with Crippen molar-refractivity contribution in [3.05, 3.63) is 64.2 Å². The summed E-state index contributed by atoms with van der Waals surface area (Å²) in [5.41, 5.74) is 0.918. The summed E-state index contributed by atoms with van der Waals surface area (Å²) in [5, 5.41) is 11.5. The first kappa shape index (κ1) is 23.7. The van der Waals surface area contributed by atoms with Crippen LogP contribution < -0.4 is 9.47 Å². The summed E-state index contributed by atoms with van der Waals surface area (Å²) in [6.07, 6.45) is 0.624. The Kier molecular flexibility index (Phi) is 7.46. The zero-order valence-electron chi connectivity index (χ0n) is 18.7. The number of carbonyl (C=O) groups is 2. The third-order valence-electron chi connectivity index (χ3n) is 5.05. The van der Waals surface area contributed by atoms with Gasteiger partial charge in [0.1, 0.15) is 17.3 Å². The van der Waals surface area contributed by atoms with E-state index < -0.39 is 17.7 Å². The summed E-state index contributed by atoms with van der Waals surface area (Å²) < 4.78 is 11.3. The van der Waals surface area contributed by atoms with Gasteiger partial charge in [0, 0.05) is 12.1 Å². The van der Waals surface area contributed by atoms with Crippen molar-refractivity contribution in [2.45, 2.75) is 46.3 Å². The van der Waals surface area contributed by atoms with Crippen LogP contribution in [0.4, 0.5) is 0 Å². The average Bonchev–Trinajstić information content (AvgIpc) is 3.00. The number of aliphatic hydroxyl groups is 1. The van der Waals surface area contributed by atoms with Crippen LogP contribution in [0.1, 0.15) is 51.3 Å². The number of likely N-dealkylation sites (tertiary alicyclic amines) is 1. The van der Waals surface area contributed by atoms with E-state index in [9.17, 15) is 14.7 Å². The van der Waals surface area contributed by atoms with Gasteiger partial charge in [-0.05, 0) is 63.1 Å². The van der Waals surface area contributed by atoms with Crippen LogP contribution in [0.25, 0.3) is 5.76 Å². The average molecular weight is 458 g/mol. The molecule has 1 aliphatic heterocycles. The highest BCUT2D eigenvalue weighted by atomic mass is 35.5. The Morgan fingerprint density at radius 1 is 1.12 bits per heavy atom. The molecule has 170 valence electrons. The van der Waals surface area contributed by atoms with Gasteiger partial charge in [0.15, 0.2) is 0 Å². The third kappa shape index (κ3) is 4.75. The Morgan fingerprint density at radius 3 is 2.53 bits per heavy atom. The Bertz CT molecular complexity index is 1050. The molecule has 1 unspecified atom stereocenters. The van der Waals surface area contributed by atoms with Crippen LogP contribution in [0.2, 0.25) is 5.02 Å². The summed E-state index contributed by atoms with van der Waals surface area (Å²) >= 11 is 6.35. The van der Waals surface area contributed by atoms with Crippen molar-refractivity contribution in [1.82, 2.24) is 4.90 Å². The highest BCUT2D eigenvalue weighted by molar-refractivity contribution is 6.47. The van der Waals surface area contributed by atoms with Crippen molar-refractivity contribution in [2.24, 2.45) is 0 Å². The molecule has 0 spiro atoms. The molecule has 1 saturated heterocycles. The molecule has 1 atom stereocenters. The molecular formula is C25H28ClNO5. The molecule has 1 amide bonds. The first-order valence-corrected chi connectivity index (χ1v) is 11.1. The molecule has 7 heteroatoms. The maximum atomic E-state index is 13.1. The molecule has 32 heavy (non-hydrogen) atoms. The number of hydrogen-bond acceptors (Lipinski definition) is 5. The highest BCUT2D eigenvalue weighted by Crippen LogP contribution is 2.41. The fourth-order valence-electron chi connectivity index (χ4n) is 3.82. The molecule has 6 nitrogen and oxygen atoms in total. The molecule has 1 heterocycles. The number of hydrogen-bond donors (Lipinski definition) is 1. The Balaban J connectivity index is 2.19. The van der Waals surface area contributed by atoms with Crippen molar-refractivity contribution in [2.75, 3.05) is 13.2 Å². The Morgan fingerprint density at radius 2 is 1.88 bits per heavy atom. The Hall–Kier alpha value is -2.99. The summed E-state index contributed by atoms with van der Waals surface area (Å²) in [6, 6.07) is 11.3. The maximum Gasteiger partial charge on any atom is 0.295 e. The van der Waals surface area contributed by atoms with Gasteiger partial charge in [0.05, 0.1) is 29.3 Å². The number of Topliss-reactive ketones (excluding diaryl/α,β-unsaturated/α-hetero) is 1. The molecule has 1 fully saturated rings. The van der Waals surface area contributed by atoms with Gasteiger partial charge in [-0.25, -0.2) is 0 Å². The number of halogens is 1. The lowest BCUT2D eigenvalue weighted by Crippen LogP contribution is -2.30. The molecular weight excluding hydrogens is 430 g/mol. The second kappa shape index (κ2) is 10.1. The van der Waals surface area contributed by atoms with E-state index in [0.29, 0.717) is 36.6 Å². The molecule has 1 aliphatic rings. The Labute approximate surface area is 193 Å². The van der Waals surface area contributed by atoms with Crippen LogP contribution in [0.15, 0.2) is 48.0 Å². The predicted octanol–water partition coefficient (Wildman–Crippen LogP) is 5.36. The van der Waals surface area contributed by atoms with E-state index in [4.69, 9.17) is 21.1 Å². The highest BCUT2D eigenvalue weighted by Gasteiger charge is 2.46. The molecule has 2 aromatic rings. The van der Waals surface area contributed by atoms with E-state index in [1.54, 1.807) is 24.3 Å². The van der Waals surface area contributed by atoms with Crippen LogP contribution in [-0.2, 0) is 9.59 Å². The number of rotatable bonds is 8. The minimum absolute atomic E-state index is 0.000644. The van der Waals surface area contributed by atoms with Gasteiger partial charge in [-0.2, -0.15) is 0 Å². The summed E-state index contributed by atoms with van der Waals surface area (Å²) in [5.74, 6) is -0.588. The minimum Gasteiger partial charge on any atom is -0.507 e. The fraction of sp³-hybridized carbons (Fsp3) is 0.360. The van der Waals surface area contributed by atoms with Crippen LogP contribution in [0.5, 0.6) is 11.5 Å². The second-order valence-electron chi connectivity index (χ2n) is 7.81. The van der Waals surface area contributed by atoms with Gasteiger partial charge in [0.2, 0.25) is 0 Å². The normalized spacial score (nSPS) is 17.8. The van der Waals surface area contributed by atoms with Crippen LogP contribution in [0.3, 0.4) is 0 Å². The van der Waals surface area contributed by atoms with Gasteiger partial charge in [-0.15, -0.1) is 0 Å². The largest absolute Gasteiger partial charge is 0.507 e. The monoisotopic (exact) mass is 457 g/mol. The molecule has 0 radical (unpaired) electrons. The van der Waals surface area contributed by atoms with Crippen LogP contribution >= 0.6 is 11.6 Å². The lowest BCUT2D eigenvalue weighted by atomic mass is 9.95. The number of nitrogens with zero attached hydrogens (tertiary/aromatic N) is 1. The lowest BCUT2D eigenvalue weighted by Gasteiger charge is -2.25. The topological polar surface area (TPSA) is 76.1 Å². The zero-order valence-corrected chi connectivity index (χ0v) is 19.5. The van der Waals surface area contributed by atoms with Crippen molar-refractivity contribution in [1.29, 1.82) is 0 Å². The maximum absolute atomic E-state index is 13.1. The first-order chi connectivity index (χ1) is 15.3. The molecule has 0 aliphatic carbocycles. The SMILES string of the molecule is CCCN1C(=O)C(=O)/C(=C(/O)c2cc(OCC)ccc2Cl)C1c1cccc(OC(C)C)c1. The minimum atomic E-state index is -0.752. The van der Waals surface area contributed by atoms with E-state index >= 15 is 0 Å². The number of aliphatic hydroxyl groups excluding tert-OH is 1. The van der Waals surface area contributed by atoms with Gasteiger partial charge in [-0.1, -0.05) is 30.7 Å². The quantitative estimate of drug-likeness (QED) is 0.328. The second-order valence-corrected chi connectivity index (χ2v) is 8.21. The fourth-order valence-corrected chi connectivity index (χ4v) is 4.02. The van der Waals surface area contributed by atoms with Crippen molar-refractivity contribution < 1.29 is 24.2 Å². The molecule has 2 aromatic carbocycles. The summed E-state index contributed by atoms with van der Waals surface area (Å²) in [7, 11) is 0. The van der Waals surface area contributed by atoms with E-state index in [1.807, 2.05) is 45.9 Å². The number of benzene rings is 2. The molecule has 0 bridgehead atoms. The van der Waals surface area contributed by atoms with Crippen molar-refractivity contribution in [3.8, 4) is 11.5 Å². The van der Waals surface area contributed by atoms with Gasteiger partial charge >= 0.3 is 0 Å². The first-order valence-electron chi connectivity index (χ1n) is 10.8. The van der Waals surface area contributed by atoms with Crippen molar-refractivity contribution >= 4 is 29.1 Å². The number of amides is 1. The molecule has 1 N–H and O–H groups in total. The third-order valence-corrected chi connectivity index (χ3v) is 5.38. The lowest BCUT2D eigenvalue weighted by molar-refractivity contribution is -0.139. The summed E-state index contributed by atoms with van der Waals surface area (Å²) in [4.78, 5) is 27.4.